The number of amides is 2. The highest BCUT2D eigenvalue weighted by atomic mass is 32.2. The van der Waals surface area contributed by atoms with Gasteiger partial charge in [0.15, 0.2) is 9.84 Å². The number of fused-ring (bicyclic) bond motifs is 1. The highest BCUT2D eigenvalue weighted by molar-refractivity contribution is 7.91. The first-order valence-electron chi connectivity index (χ1n) is 6.78. The fourth-order valence-electron chi connectivity index (χ4n) is 2.30. The van der Waals surface area contributed by atoms with Gasteiger partial charge in [-0.1, -0.05) is 0 Å². The molecule has 1 heterocycles. The highest BCUT2D eigenvalue weighted by Crippen LogP contribution is 2.25. The van der Waals surface area contributed by atoms with Crippen molar-refractivity contribution in [2.45, 2.75) is 24.7 Å². The smallest absolute Gasteiger partial charge is 0.251 e. The zero-order chi connectivity index (χ0) is 15.5. The van der Waals surface area contributed by atoms with Gasteiger partial charge in [0.05, 0.1) is 10.6 Å². The molecule has 0 saturated carbocycles. The summed E-state index contributed by atoms with van der Waals surface area (Å²) in [5.74, 6) is -0.253. The van der Waals surface area contributed by atoms with E-state index in [1.165, 1.54) is 19.1 Å². The van der Waals surface area contributed by atoms with Crippen LogP contribution in [0.15, 0.2) is 23.1 Å². The van der Waals surface area contributed by atoms with Crippen LogP contribution in [0.25, 0.3) is 0 Å². The molecule has 0 aliphatic carbocycles. The van der Waals surface area contributed by atoms with E-state index in [1.54, 1.807) is 6.07 Å². The zero-order valence-electron chi connectivity index (χ0n) is 11.8. The second-order valence-corrected chi connectivity index (χ2v) is 7.06. The number of carbonyl (C=O) groups excluding carboxylic acids is 2. The van der Waals surface area contributed by atoms with Crippen LogP contribution in [-0.4, -0.2) is 39.1 Å². The summed E-state index contributed by atoms with van der Waals surface area (Å²) in [4.78, 5) is 23.0. The molecule has 0 aromatic heterocycles. The van der Waals surface area contributed by atoms with Crippen molar-refractivity contribution in [3.8, 4) is 0 Å². The maximum Gasteiger partial charge on any atom is 0.251 e. The molecule has 2 N–H and O–H groups in total. The number of carbonyl (C=O) groups is 2. The van der Waals surface area contributed by atoms with Crippen LogP contribution in [-0.2, 0) is 21.1 Å². The third kappa shape index (κ3) is 3.81. The molecule has 2 amide bonds. The quantitative estimate of drug-likeness (QED) is 0.781. The lowest BCUT2D eigenvalue weighted by Crippen LogP contribution is -2.33. The molecule has 0 unspecified atom stereocenters. The van der Waals surface area contributed by atoms with E-state index in [9.17, 15) is 18.0 Å². The van der Waals surface area contributed by atoms with Gasteiger partial charge in [-0.2, -0.15) is 0 Å². The van der Waals surface area contributed by atoms with Gasteiger partial charge in [-0.3, -0.25) is 9.59 Å². The van der Waals surface area contributed by atoms with Gasteiger partial charge < -0.3 is 10.6 Å². The molecule has 6 nitrogen and oxygen atoms in total. The van der Waals surface area contributed by atoms with Crippen LogP contribution in [0.3, 0.4) is 0 Å². The first kappa shape index (κ1) is 15.5. The van der Waals surface area contributed by atoms with Crippen LogP contribution in [0.5, 0.6) is 0 Å². The summed E-state index contributed by atoms with van der Waals surface area (Å²) in [6, 6.07) is 4.67. The van der Waals surface area contributed by atoms with Gasteiger partial charge in [0.1, 0.15) is 0 Å². The Balaban J connectivity index is 2.05. The lowest BCUT2D eigenvalue weighted by molar-refractivity contribution is -0.118. The van der Waals surface area contributed by atoms with Crippen LogP contribution in [0.2, 0.25) is 0 Å². The SMILES string of the molecule is CC(=O)NCCNC(=O)c1ccc2c(c1)CCCS2(=O)=O. The second kappa shape index (κ2) is 6.26. The first-order valence-corrected chi connectivity index (χ1v) is 8.44. The number of benzene rings is 1. The molecule has 0 bridgehead atoms. The van der Waals surface area contributed by atoms with E-state index in [4.69, 9.17) is 0 Å². The summed E-state index contributed by atoms with van der Waals surface area (Å²) >= 11 is 0. The Kier molecular flexibility index (Phi) is 4.62. The molecule has 0 radical (unpaired) electrons. The Morgan fingerprint density at radius 3 is 2.62 bits per heavy atom. The molecular weight excluding hydrogens is 292 g/mol. The fraction of sp³-hybridized carbons (Fsp3) is 0.429. The molecule has 21 heavy (non-hydrogen) atoms. The van der Waals surface area contributed by atoms with Gasteiger partial charge in [-0.05, 0) is 36.6 Å². The predicted molar refractivity (Wildman–Crippen MR) is 77.8 cm³/mol. The highest BCUT2D eigenvalue weighted by Gasteiger charge is 2.24. The van der Waals surface area contributed by atoms with Gasteiger partial charge in [0.25, 0.3) is 5.91 Å². The molecule has 114 valence electrons. The number of nitrogens with one attached hydrogen (secondary N) is 2. The number of sulfone groups is 1. The average Bonchev–Trinajstić information content (AvgIpc) is 2.42. The predicted octanol–water partition coefficient (Wildman–Crippen LogP) is 0.272. The number of hydrogen-bond donors (Lipinski definition) is 2. The van der Waals surface area contributed by atoms with Gasteiger partial charge >= 0.3 is 0 Å². The lowest BCUT2D eigenvalue weighted by Gasteiger charge is -2.17. The fourth-order valence-corrected chi connectivity index (χ4v) is 3.88. The van der Waals surface area contributed by atoms with E-state index in [2.05, 4.69) is 10.6 Å². The van der Waals surface area contributed by atoms with E-state index in [0.29, 0.717) is 42.0 Å². The van der Waals surface area contributed by atoms with Crippen molar-refractivity contribution in [3.63, 3.8) is 0 Å². The summed E-state index contributed by atoms with van der Waals surface area (Å²) in [5.41, 5.74) is 1.14. The molecule has 0 spiro atoms. The monoisotopic (exact) mass is 310 g/mol. The molecular formula is C14H18N2O4S. The maximum atomic E-state index is 12.0. The summed E-state index contributed by atoms with van der Waals surface area (Å²) in [6.45, 7) is 2.10. The van der Waals surface area contributed by atoms with E-state index < -0.39 is 9.84 Å². The Hall–Kier alpha value is -1.89. The summed E-state index contributed by atoms with van der Waals surface area (Å²) < 4.78 is 23.8. The molecule has 2 rings (SSSR count). The molecule has 0 saturated heterocycles. The van der Waals surface area contributed by atoms with E-state index >= 15 is 0 Å². The minimum absolute atomic E-state index is 0.150. The normalized spacial score (nSPS) is 15.9. The number of rotatable bonds is 4. The topological polar surface area (TPSA) is 92.3 Å². The second-order valence-electron chi connectivity index (χ2n) is 4.98. The van der Waals surface area contributed by atoms with Crippen molar-refractivity contribution in [2.75, 3.05) is 18.8 Å². The maximum absolute atomic E-state index is 12.0. The standard InChI is InChI=1S/C14H18N2O4S/c1-10(17)15-6-7-16-14(18)12-4-5-13-11(9-12)3-2-8-21(13,19)20/h4-5,9H,2-3,6-8H2,1H3,(H,15,17)(H,16,18). The molecule has 0 atom stereocenters. The van der Waals surface area contributed by atoms with Crippen molar-refractivity contribution in [1.29, 1.82) is 0 Å². The number of hydrogen-bond acceptors (Lipinski definition) is 4. The van der Waals surface area contributed by atoms with Crippen molar-refractivity contribution in [1.82, 2.24) is 10.6 Å². The van der Waals surface area contributed by atoms with Crippen LogP contribution in [0.1, 0.15) is 29.3 Å². The molecule has 7 heteroatoms. The molecule has 1 aliphatic rings. The van der Waals surface area contributed by atoms with Crippen LogP contribution < -0.4 is 10.6 Å². The molecule has 1 aromatic rings. The molecule has 0 fully saturated rings. The van der Waals surface area contributed by atoms with Gasteiger partial charge in [0, 0.05) is 25.6 Å². The van der Waals surface area contributed by atoms with Gasteiger partial charge in [-0.25, -0.2) is 8.42 Å². The summed E-state index contributed by atoms with van der Waals surface area (Å²) in [5, 5.41) is 5.26. The van der Waals surface area contributed by atoms with Crippen molar-refractivity contribution in [2.24, 2.45) is 0 Å². The first-order chi connectivity index (χ1) is 9.90. The molecule has 1 aliphatic heterocycles. The van der Waals surface area contributed by atoms with Crippen LogP contribution in [0.4, 0.5) is 0 Å². The van der Waals surface area contributed by atoms with Gasteiger partial charge in [-0.15, -0.1) is 0 Å². The number of aryl methyl sites for hydroxylation is 1. The Labute approximate surface area is 123 Å². The third-order valence-electron chi connectivity index (χ3n) is 3.30. The zero-order valence-corrected chi connectivity index (χ0v) is 12.6. The Morgan fingerprint density at radius 1 is 1.19 bits per heavy atom. The average molecular weight is 310 g/mol. The van der Waals surface area contributed by atoms with Crippen LogP contribution >= 0.6 is 0 Å². The van der Waals surface area contributed by atoms with E-state index in [-0.39, 0.29) is 17.6 Å². The Bertz CT molecular complexity index is 668. The third-order valence-corrected chi connectivity index (χ3v) is 5.20. The Morgan fingerprint density at radius 2 is 1.90 bits per heavy atom. The van der Waals surface area contributed by atoms with E-state index in [1.807, 2.05) is 0 Å². The largest absolute Gasteiger partial charge is 0.355 e. The minimum atomic E-state index is -3.19. The summed E-state index contributed by atoms with van der Waals surface area (Å²) in [6.07, 6.45) is 1.25. The summed E-state index contributed by atoms with van der Waals surface area (Å²) in [7, 11) is -3.19. The van der Waals surface area contributed by atoms with Crippen molar-refractivity contribution >= 4 is 21.7 Å². The van der Waals surface area contributed by atoms with E-state index in [0.717, 1.165) is 0 Å². The van der Waals surface area contributed by atoms with Gasteiger partial charge in [0.2, 0.25) is 5.91 Å². The van der Waals surface area contributed by atoms with Crippen LogP contribution in [0, 0.1) is 0 Å². The van der Waals surface area contributed by atoms with Crippen molar-refractivity contribution < 1.29 is 18.0 Å². The minimum Gasteiger partial charge on any atom is -0.355 e. The van der Waals surface area contributed by atoms with Crippen molar-refractivity contribution in [3.05, 3.63) is 29.3 Å². The molecule has 1 aromatic carbocycles. The lowest BCUT2D eigenvalue weighted by atomic mass is 10.1.